The average molecular weight is 267 g/mol. The first-order chi connectivity index (χ1) is 8.21. The summed E-state index contributed by atoms with van der Waals surface area (Å²) in [5.74, 6) is 0.947. The second kappa shape index (κ2) is 4.23. The smallest absolute Gasteiger partial charge is 0.321 e. The molecule has 2 aliphatic rings. The summed E-state index contributed by atoms with van der Waals surface area (Å²) in [5, 5.41) is 12.4. The zero-order valence-electron chi connectivity index (χ0n) is 9.18. The summed E-state index contributed by atoms with van der Waals surface area (Å²) in [6.45, 7) is 0. The van der Waals surface area contributed by atoms with Gasteiger partial charge in [-0.2, -0.15) is 0 Å². The molecule has 0 amide bonds. The topological polar surface area (TPSA) is 49.3 Å². The van der Waals surface area contributed by atoms with Gasteiger partial charge in [-0.05, 0) is 18.1 Å². The van der Waals surface area contributed by atoms with Gasteiger partial charge in [0.1, 0.15) is 6.04 Å². The summed E-state index contributed by atoms with van der Waals surface area (Å²) >= 11 is 3.60. The first-order valence-electron chi connectivity index (χ1n) is 5.58. The van der Waals surface area contributed by atoms with Crippen molar-refractivity contribution < 1.29 is 9.90 Å². The zero-order valence-corrected chi connectivity index (χ0v) is 10.8. The van der Waals surface area contributed by atoms with Crippen LogP contribution in [0.3, 0.4) is 0 Å². The van der Waals surface area contributed by atoms with Crippen LogP contribution in [-0.4, -0.2) is 28.6 Å². The minimum Gasteiger partial charge on any atom is -0.480 e. The van der Waals surface area contributed by atoms with Crippen LogP contribution < -0.4 is 5.32 Å². The molecule has 0 bridgehead atoms. The molecule has 2 heterocycles. The molecule has 90 valence electrons. The second-order valence-electron chi connectivity index (χ2n) is 4.27. The van der Waals surface area contributed by atoms with Gasteiger partial charge in [0.25, 0.3) is 0 Å². The lowest BCUT2D eigenvalue weighted by Gasteiger charge is -2.35. The van der Waals surface area contributed by atoms with Crippen molar-refractivity contribution in [3.05, 3.63) is 29.8 Å². The van der Waals surface area contributed by atoms with Crippen molar-refractivity contribution >= 4 is 29.5 Å². The van der Waals surface area contributed by atoms with E-state index in [4.69, 9.17) is 5.11 Å². The summed E-state index contributed by atoms with van der Waals surface area (Å²) < 4.78 is 0. The molecule has 0 radical (unpaired) electrons. The number of aliphatic carboxylic acids is 1. The monoisotopic (exact) mass is 267 g/mol. The molecule has 3 nitrogen and oxygen atoms in total. The van der Waals surface area contributed by atoms with E-state index in [0.717, 1.165) is 12.2 Å². The Morgan fingerprint density at radius 3 is 3.06 bits per heavy atom. The number of hydrogen-bond acceptors (Lipinski definition) is 4. The average Bonchev–Trinajstić information content (AvgIpc) is 2.75. The van der Waals surface area contributed by atoms with Crippen molar-refractivity contribution in [1.29, 1.82) is 0 Å². The van der Waals surface area contributed by atoms with E-state index in [0.29, 0.717) is 5.75 Å². The number of fused-ring (bicyclic) bond motifs is 2. The molecule has 0 aromatic heterocycles. The summed E-state index contributed by atoms with van der Waals surface area (Å²) in [6.07, 6.45) is 0.989. The Morgan fingerprint density at radius 1 is 1.47 bits per heavy atom. The van der Waals surface area contributed by atoms with Crippen molar-refractivity contribution in [2.24, 2.45) is 0 Å². The van der Waals surface area contributed by atoms with E-state index >= 15 is 0 Å². The number of carboxylic acid groups (broad SMARTS) is 1. The van der Waals surface area contributed by atoms with Crippen molar-refractivity contribution in [2.45, 2.75) is 22.2 Å². The maximum atomic E-state index is 11.1. The van der Waals surface area contributed by atoms with Gasteiger partial charge in [-0.15, -0.1) is 23.5 Å². The standard InChI is InChI=1S/C12H13NO2S2/c14-11(15)9-7-17-12(13-9)5-6-16-10-4-2-1-3-8(10)12/h1-4,9,13H,5-7H2,(H,14,15). The summed E-state index contributed by atoms with van der Waals surface area (Å²) in [7, 11) is 0. The van der Waals surface area contributed by atoms with Crippen molar-refractivity contribution in [3.63, 3.8) is 0 Å². The Bertz CT molecular complexity index is 466. The lowest BCUT2D eigenvalue weighted by atomic mass is 10.0. The molecule has 1 fully saturated rings. The Hall–Kier alpha value is -0.650. The van der Waals surface area contributed by atoms with E-state index < -0.39 is 12.0 Å². The van der Waals surface area contributed by atoms with E-state index in [2.05, 4.69) is 17.4 Å². The molecule has 17 heavy (non-hydrogen) atoms. The number of benzene rings is 1. The maximum Gasteiger partial charge on any atom is 0.321 e. The quantitative estimate of drug-likeness (QED) is 0.816. The molecule has 1 aromatic rings. The van der Waals surface area contributed by atoms with E-state index in [1.165, 1.54) is 10.5 Å². The predicted octanol–water partition coefficient (Wildman–Crippen LogP) is 2.12. The number of carbonyl (C=O) groups is 1. The molecule has 2 unspecified atom stereocenters. The third-order valence-electron chi connectivity index (χ3n) is 3.24. The molecule has 1 spiro atoms. The van der Waals surface area contributed by atoms with Crippen molar-refractivity contribution in [3.8, 4) is 0 Å². The molecule has 1 aromatic carbocycles. The third kappa shape index (κ3) is 1.86. The minimum absolute atomic E-state index is 0.176. The van der Waals surface area contributed by atoms with E-state index in [9.17, 15) is 4.79 Å². The van der Waals surface area contributed by atoms with E-state index in [-0.39, 0.29) is 4.87 Å². The largest absolute Gasteiger partial charge is 0.480 e. The first-order valence-corrected chi connectivity index (χ1v) is 7.55. The van der Waals surface area contributed by atoms with Crippen molar-refractivity contribution in [2.75, 3.05) is 11.5 Å². The van der Waals surface area contributed by atoms with Crippen LogP contribution in [0.5, 0.6) is 0 Å². The van der Waals surface area contributed by atoms with Crippen LogP contribution in [0.1, 0.15) is 12.0 Å². The Labute approximate surface area is 108 Å². The van der Waals surface area contributed by atoms with Gasteiger partial charge in [-0.3, -0.25) is 10.1 Å². The normalized spacial score (nSPS) is 31.4. The fraction of sp³-hybridized carbons (Fsp3) is 0.417. The first kappa shape index (κ1) is 11.4. The molecule has 2 aliphatic heterocycles. The molecular weight excluding hydrogens is 254 g/mol. The second-order valence-corrected chi connectivity index (χ2v) is 6.72. The lowest BCUT2D eigenvalue weighted by molar-refractivity contribution is -0.138. The van der Waals surface area contributed by atoms with Gasteiger partial charge >= 0.3 is 5.97 Å². The third-order valence-corrected chi connectivity index (χ3v) is 5.85. The number of thioether (sulfide) groups is 2. The van der Waals surface area contributed by atoms with E-state index in [1.807, 2.05) is 23.9 Å². The van der Waals surface area contributed by atoms with Crippen LogP contribution in [-0.2, 0) is 9.67 Å². The fourth-order valence-corrected chi connectivity index (χ4v) is 5.27. The highest BCUT2D eigenvalue weighted by Crippen LogP contribution is 2.49. The number of nitrogens with one attached hydrogen (secondary N) is 1. The summed E-state index contributed by atoms with van der Waals surface area (Å²) in [4.78, 5) is 12.2. The van der Waals surface area contributed by atoms with Gasteiger partial charge < -0.3 is 5.11 Å². The minimum atomic E-state index is -0.745. The highest BCUT2D eigenvalue weighted by atomic mass is 32.2. The highest BCUT2D eigenvalue weighted by molar-refractivity contribution is 8.01. The Balaban J connectivity index is 1.98. The van der Waals surface area contributed by atoms with Gasteiger partial charge in [0.05, 0.1) is 4.87 Å². The molecule has 2 N–H and O–H groups in total. The summed E-state index contributed by atoms with van der Waals surface area (Å²) in [5.41, 5.74) is 1.25. The maximum absolute atomic E-state index is 11.1. The predicted molar refractivity (Wildman–Crippen MR) is 70.5 cm³/mol. The van der Waals surface area contributed by atoms with Gasteiger partial charge in [0.2, 0.25) is 0 Å². The van der Waals surface area contributed by atoms with Crippen LogP contribution >= 0.6 is 23.5 Å². The Kier molecular flexibility index (Phi) is 2.84. The lowest BCUT2D eigenvalue weighted by Crippen LogP contribution is -2.44. The van der Waals surface area contributed by atoms with Gasteiger partial charge in [-0.1, -0.05) is 18.2 Å². The SMILES string of the molecule is O=C(O)C1CSC2(CCSc3ccccc32)N1. The molecule has 0 aliphatic carbocycles. The molecule has 5 heteroatoms. The highest BCUT2D eigenvalue weighted by Gasteiger charge is 2.45. The number of rotatable bonds is 1. The van der Waals surface area contributed by atoms with Crippen LogP contribution in [0.25, 0.3) is 0 Å². The fourth-order valence-electron chi connectivity index (χ4n) is 2.39. The molecule has 0 saturated carbocycles. The van der Waals surface area contributed by atoms with Crippen LogP contribution in [0.15, 0.2) is 29.2 Å². The van der Waals surface area contributed by atoms with Gasteiger partial charge in [0, 0.05) is 16.4 Å². The van der Waals surface area contributed by atoms with Crippen LogP contribution in [0.4, 0.5) is 0 Å². The van der Waals surface area contributed by atoms with Crippen LogP contribution in [0.2, 0.25) is 0 Å². The molecular formula is C12H13NO2S2. The number of carboxylic acids is 1. The summed E-state index contributed by atoms with van der Waals surface area (Å²) in [6, 6.07) is 7.89. The van der Waals surface area contributed by atoms with Crippen molar-refractivity contribution in [1.82, 2.24) is 5.32 Å². The van der Waals surface area contributed by atoms with Gasteiger partial charge in [0.15, 0.2) is 0 Å². The zero-order chi connectivity index (χ0) is 11.9. The number of hydrogen-bond donors (Lipinski definition) is 2. The van der Waals surface area contributed by atoms with Gasteiger partial charge in [-0.25, -0.2) is 0 Å². The molecule has 3 rings (SSSR count). The van der Waals surface area contributed by atoms with Crippen LogP contribution in [0, 0.1) is 0 Å². The Morgan fingerprint density at radius 2 is 2.29 bits per heavy atom. The molecule has 1 saturated heterocycles. The van der Waals surface area contributed by atoms with E-state index in [1.54, 1.807) is 11.8 Å². The molecule has 2 atom stereocenters.